The molecule has 1 amide bonds. The molecule has 0 radical (unpaired) electrons. The standard InChI is InChI=1S/C14H17NO4/c1-8-3-4-10(5-9(8)2)13(17)15-7-11(16)6-12(15)14(18)19/h3-5,11-12,16H,6-7H2,1-2H3,(H,18,19)/t11-,12+/m1/s1. The van der Waals surface area contributed by atoms with E-state index in [1.165, 1.54) is 4.90 Å². The van der Waals surface area contributed by atoms with E-state index in [1.54, 1.807) is 12.1 Å². The van der Waals surface area contributed by atoms with Gasteiger partial charge in [0.05, 0.1) is 6.10 Å². The van der Waals surface area contributed by atoms with Gasteiger partial charge in [-0.05, 0) is 37.1 Å². The average Bonchev–Trinajstić information content (AvgIpc) is 2.74. The molecular weight excluding hydrogens is 246 g/mol. The van der Waals surface area contributed by atoms with Gasteiger partial charge in [-0.2, -0.15) is 0 Å². The third kappa shape index (κ3) is 2.61. The zero-order valence-corrected chi connectivity index (χ0v) is 11.0. The van der Waals surface area contributed by atoms with Crippen LogP contribution in [0.4, 0.5) is 0 Å². The molecule has 1 aliphatic rings. The van der Waals surface area contributed by atoms with E-state index in [0.29, 0.717) is 5.56 Å². The van der Waals surface area contributed by atoms with Crippen LogP contribution in [-0.2, 0) is 4.79 Å². The Kier molecular flexibility index (Phi) is 3.57. The molecule has 102 valence electrons. The topological polar surface area (TPSA) is 77.8 Å². The molecule has 0 aliphatic carbocycles. The summed E-state index contributed by atoms with van der Waals surface area (Å²) in [7, 11) is 0. The van der Waals surface area contributed by atoms with E-state index < -0.39 is 18.1 Å². The predicted molar refractivity (Wildman–Crippen MR) is 69.0 cm³/mol. The zero-order chi connectivity index (χ0) is 14.2. The summed E-state index contributed by atoms with van der Waals surface area (Å²) in [5, 5.41) is 18.6. The fourth-order valence-electron chi connectivity index (χ4n) is 2.31. The van der Waals surface area contributed by atoms with Gasteiger partial charge in [-0.15, -0.1) is 0 Å². The number of carboxylic acid groups (broad SMARTS) is 1. The molecule has 0 saturated carbocycles. The highest BCUT2D eigenvalue weighted by molar-refractivity contribution is 5.97. The molecule has 5 nitrogen and oxygen atoms in total. The van der Waals surface area contributed by atoms with Gasteiger partial charge in [0.25, 0.3) is 5.91 Å². The quantitative estimate of drug-likeness (QED) is 0.833. The average molecular weight is 263 g/mol. The normalized spacial score (nSPS) is 22.6. The van der Waals surface area contributed by atoms with Crippen LogP contribution in [0.1, 0.15) is 27.9 Å². The number of carbonyl (C=O) groups excluding carboxylic acids is 1. The summed E-state index contributed by atoms with van der Waals surface area (Å²) >= 11 is 0. The van der Waals surface area contributed by atoms with Crippen LogP contribution >= 0.6 is 0 Å². The number of aliphatic carboxylic acids is 1. The van der Waals surface area contributed by atoms with Gasteiger partial charge in [0.2, 0.25) is 0 Å². The van der Waals surface area contributed by atoms with Gasteiger partial charge in [0, 0.05) is 18.5 Å². The molecule has 1 aromatic carbocycles. The first-order chi connectivity index (χ1) is 8.90. The Balaban J connectivity index is 2.27. The molecule has 1 saturated heterocycles. The fraction of sp³-hybridized carbons (Fsp3) is 0.429. The van der Waals surface area contributed by atoms with Gasteiger partial charge < -0.3 is 15.1 Å². The maximum absolute atomic E-state index is 12.3. The first kappa shape index (κ1) is 13.5. The number of aryl methyl sites for hydroxylation is 2. The van der Waals surface area contributed by atoms with Crippen molar-refractivity contribution in [3.05, 3.63) is 34.9 Å². The number of nitrogens with zero attached hydrogens (tertiary/aromatic N) is 1. The van der Waals surface area contributed by atoms with E-state index >= 15 is 0 Å². The van der Waals surface area contributed by atoms with E-state index in [4.69, 9.17) is 5.11 Å². The molecule has 1 fully saturated rings. The van der Waals surface area contributed by atoms with E-state index in [0.717, 1.165) is 11.1 Å². The Bertz CT molecular complexity index is 526. The van der Waals surface area contributed by atoms with Crippen molar-refractivity contribution >= 4 is 11.9 Å². The van der Waals surface area contributed by atoms with Crippen LogP contribution in [0.3, 0.4) is 0 Å². The smallest absolute Gasteiger partial charge is 0.326 e. The van der Waals surface area contributed by atoms with Crippen LogP contribution in [0.15, 0.2) is 18.2 Å². The molecule has 2 rings (SSSR count). The molecule has 1 aromatic rings. The molecule has 0 aromatic heterocycles. The number of amides is 1. The van der Waals surface area contributed by atoms with Crippen molar-refractivity contribution in [1.82, 2.24) is 4.90 Å². The molecule has 0 bridgehead atoms. The van der Waals surface area contributed by atoms with Crippen molar-refractivity contribution in [3.8, 4) is 0 Å². The van der Waals surface area contributed by atoms with Crippen LogP contribution in [0.5, 0.6) is 0 Å². The summed E-state index contributed by atoms with van der Waals surface area (Å²) in [6, 6.07) is 4.34. The lowest BCUT2D eigenvalue weighted by Crippen LogP contribution is -2.40. The Labute approximate surface area is 111 Å². The third-order valence-electron chi connectivity index (χ3n) is 3.58. The number of hydrogen-bond acceptors (Lipinski definition) is 3. The van der Waals surface area contributed by atoms with E-state index in [-0.39, 0.29) is 18.9 Å². The Morgan fingerprint density at radius 2 is 1.95 bits per heavy atom. The van der Waals surface area contributed by atoms with Crippen molar-refractivity contribution in [2.24, 2.45) is 0 Å². The summed E-state index contributed by atoms with van der Waals surface area (Å²) in [5.41, 5.74) is 2.52. The highest BCUT2D eigenvalue weighted by atomic mass is 16.4. The number of aliphatic hydroxyl groups excluding tert-OH is 1. The summed E-state index contributed by atoms with van der Waals surface area (Å²) < 4.78 is 0. The minimum atomic E-state index is -1.08. The summed E-state index contributed by atoms with van der Waals surface area (Å²) in [6.07, 6.45) is -0.678. The highest BCUT2D eigenvalue weighted by Crippen LogP contribution is 2.22. The highest BCUT2D eigenvalue weighted by Gasteiger charge is 2.39. The maximum Gasteiger partial charge on any atom is 0.326 e. The number of β-amino-alcohol motifs (C(OH)–C–C–N with tert-alkyl or cyclic N) is 1. The van der Waals surface area contributed by atoms with E-state index in [9.17, 15) is 14.7 Å². The summed E-state index contributed by atoms with van der Waals surface area (Å²) in [6.45, 7) is 3.92. The number of rotatable bonds is 2. The van der Waals surface area contributed by atoms with Crippen molar-refractivity contribution in [3.63, 3.8) is 0 Å². The first-order valence-corrected chi connectivity index (χ1v) is 6.19. The fourth-order valence-corrected chi connectivity index (χ4v) is 2.31. The molecule has 1 heterocycles. The molecule has 0 unspecified atom stereocenters. The van der Waals surface area contributed by atoms with Crippen molar-refractivity contribution in [1.29, 1.82) is 0 Å². The first-order valence-electron chi connectivity index (χ1n) is 6.19. The Morgan fingerprint density at radius 1 is 1.26 bits per heavy atom. The number of aliphatic hydroxyl groups is 1. The van der Waals surface area contributed by atoms with Crippen molar-refractivity contribution < 1.29 is 19.8 Å². The van der Waals surface area contributed by atoms with Gasteiger partial charge >= 0.3 is 5.97 Å². The predicted octanol–water partition coefficient (Wildman–Crippen LogP) is 0.963. The van der Waals surface area contributed by atoms with E-state index in [2.05, 4.69) is 0 Å². The third-order valence-corrected chi connectivity index (χ3v) is 3.58. The monoisotopic (exact) mass is 263 g/mol. The minimum absolute atomic E-state index is 0.0721. The maximum atomic E-state index is 12.3. The molecule has 2 N–H and O–H groups in total. The zero-order valence-electron chi connectivity index (χ0n) is 11.0. The lowest BCUT2D eigenvalue weighted by atomic mass is 10.1. The Hall–Kier alpha value is -1.88. The largest absolute Gasteiger partial charge is 0.480 e. The van der Waals surface area contributed by atoms with E-state index in [1.807, 2.05) is 19.9 Å². The molecule has 1 aliphatic heterocycles. The molecule has 19 heavy (non-hydrogen) atoms. The second kappa shape index (κ2) is 5.01. The summed E-state index contributed by atoms with van der Waals surface area (Å²) in [4.78, 5) is 24.7. The number of carbonyl (C=O) groups is 2. The van der Waals surface area contributed by atoms with Gasteiger partial charge in [-0.25, -0.2) is 4.79 Å². The second-order valence-corrected chi connectivity index (χ2v) is 5.00. The second-order valence-electron chi connectivity index (χ2n) is 5.00. The lowest BCUT2D eigenvalue weighted by molar-refractivity contribution is -0.141. The minimum Gasteiger partial charge on any atom is -0.480 e. The van der Waals surface area contributed by atoms with Crippen LogP contribution in [0.25, 0.3) is 0 Å². The number of likely N-dealkylation sites (tertiary alicyclic amines) is 1. The summed E-state index contributed by atoms with van der Waals surface area (Å²) in [5.74, 6) is -1.42. The SMILES string of the molecule is Cc1ccc(C(=O)N2C[C@H](O)C[C@H]2C(=O)O)cc1C. The molecular formula is C14H17NO4. The number of benzene rings is 1. The van der Waals surface area contributed by atoms with Gasteiger partial charge in [0.1, 0.15) is 6.04 Å². The van der Waals surface area contributed by atoms with Gasteiger partial charge in [-0.1, -0.05) is 6.07 Å². The molecule has 0 spiro atoms. The van der Waals surface area contributed by atoms with Crippen LogP contribution in [-0.4, -0.2) is 45.7 Å². The van der Waals surface area contributed by atoms with Gasteiger partial charge in [-0.3, -0.25) is 4.79 Å². The number of carboxylic acids is 1. The number of hydrogen-bond donors (Lipinski definition) is 2. The lowest BCUT2D eigenvalue weighted by Gasteiger charge is -2.21. The van der Waals surface area contributed by atoms with Crippen LogP contribution < -0.4 is 0 Å². The molecule has 5 heteroatoms. The molecule has 2 atom stereocenters. The van der Waals surface area contributed by atoms with Crippen LogP contribution in [0.2, 0.25) is 0 Å². The van der Waals surface area contributed by atoms with Crippen molar-refractivity contribution in [2.75, 3.05) is 6.54 Å². The van der Waals surface area contributed by atoms with Crippen LogP contribution in [0, 0.1) is 13.8 Å². The Morgan fingerprint density at radius 3 is 2.53 bits per heavy atom. The van der Waals surface area contributed by atoms with Crippen molar-refractivity contribution in [2.45, 2.75) is 32.4 Å². The van der Waals surface area contributed by atoms with Gasteiger partial charge in [0.15, 0.2) is 0 Å².